The third-order valence-electron chi connectivity index (χ3n) is 2.88. The Morgan fingerprint density at radius 2 is 2.11 bits per heavy atom. The number of fused-ring (bicyclic) bond motifs is 1. The lowest BCUT2D eigenvalue weighted by Gasteiger charge is -2.06. The fourth-order valence-electron chi connectivity index (χ4n) is 2.07. The Morgan fingerprint density at radius 3 is 2.83 bits per heavy atom. The summed E-state index contributed by atoms with van der Waals surface area (Å²) in [5, 5.41) is 1.00. The highest BCUT2D eigenvalue weighted by Crippen LogP contribution is 2.33. The van der Waals surface area contributed by atoms with E-state index in [9.17, 15) is 9.18 Å². The second-order valence-corrected chi connectivity index (χ2v) is 5.67. The van der Waals surface area contributed by atoms with Gasteiger partial charge in [-0.3, -0.25) is 4.79 Å². The van der Waals surface area contributed by atoms with Crippen molar-refractivity contribution < 1.29 is 9.18 Å². The van der Waals surface area contributed by atoms with Gasteiger partial charge in [-0.05, 0) is 31.0 Å². The molecular weight excluding hydrogens is 273 g/mol. The van der Waals surface area contributed by atoms with Crippen molar-refractivity contribution in [3.63, 3.8) is 0 Å². The van der Waals surface area contributed by atoms with Crippen molar-refractivity contribution in [1.82, 2.24) is 4.98 Å². The van der Waals surface area contributed by atoms with E-state index in [4.69, 9.17) is 11.6 Å². The number of aryl methyl sites for hydroxylation is 1. The van der Waals surface area contributed by atoms with Crippen molar-refractivity contribution in [2.75, 3.05) is 0 Å². The van der Waals surface area contributed by atoms with Crippen molar-refractivity contribution in [2.24, 2.45) is 0 Å². The van der Waals surface area contributed by atoms with Crippen LogP contribution >= 0.6 is 22.9 Å². The highest BCUT2D eigenvalue weighted by molar-refractivity contribution is 7.17. The second kappa shape index (κ2) is 4.44. The van der Waals surface area contributed by atoms with E-state index in [0.717, 1.165) is 23.4 Å². The summed E-state index contributed by atoms with van der Waals surface area (Å²) in [4.78, 5) is 16.9. The van der Waals surface area contributed by atoms with Crippen molar-refractivity contribution in [3.05, 3.63) is 39.6 Å². The molecule has 18 heavy (non-hydrogen) atoms. The lowest BCUT2D eigenvalue weighted by Crippen LogP contribution is -2.07. The maximum absolute atomic E-state index is 13.3. The zero-order valence-corrected chi connectivity index (χ0v) is 10.9. The topological polar surface area (TPSA) is 30.0 Å². The van der Waals surface area contributed by atoms with Gasteiger partial charge in [0.15, 0.2) is 5.78 Å². The minimum Gasteiger partial charge on any atom is -0.293 e. The quantitative estimate of drug-likeness (QED) is 0.787. The molecule has 1 aromatic heterocycles. The van der Waals surface area contributed by atoms with Crippen molar-refractivity contribution >= 4 is 28.7 Å². The summed E-state index contributed by atoms with van der Waals surface area (Å²) in [6, 6.07) is 4.31. The molecule has 0 radical (unpaired) electrons. The van der Waals surface area contributed by atoms with E-state index >= 15 is 0 Å². The SMILES string of the molecule is O=C1CCCc2nc(-c3cc(F)cc(Cl)c3)sc21. The molecule has 1 aliphatic rings. The van der Waals surface area contributed by atoms with Gasteiger partial charge in [0, 0.05) is 17.0 Å². The van der Waals surface area contributed by atoms with Gasteiger partial charge in [0.1, 0.15) is 10.8 Å². The largest absolute Gasteiger partial charge is 0.293 e. The zero-order valence-electron chi connectivity index (χ0n) is 9.37. The monoisotopic (exact) mass is 281 g/mol. The molecule has 1 aromatic carbocycles. The van der Waals surface area contributed by atoms with Crippen LogP contribution in [-0.4, -0.2) is 10.8 Å². The Labute approximate surface area is 112 Å². The molecule has 92 valence electrons. The Hall–Kier alpha value is -1.26. The van der Waals surface area contributed by atoms with E-state index in [2.05, 4.69) is 4.98 Å². The van der Waals surface area contributed by atoms with E-state index in [1.54, 1.807) is 6.07 Å². The van der Waals surface area contributed by atoms with Crippen molar-refractivity contribution in [1.29, 1.82) is 0 Å². The first-order chi connectivity index (χ1) is 8.63. The summed E-state index contributed by atoms with van der Waals surface area (Å²) in [6.45, 7) is 0. The first-order valence-electron chi connectivity index (χ1n) is 5.63. The number of hydrogen-bond acceptors (Lipinski definition) is 3. The number of carbonyl (C=O) groups is 1. The molecule has 0 saturated carbocycles. The third-order valence-corrected chi connectivity index (χ3v) is 4.28. The first kappa shape index (κ1) is 11.8. The van der Waals surface area contributed by atoms with Gasteiger partial charge in [-0.2, -0.15) is 0 Å². The van der Waals surface area contributed by atoms with Crippen LogP contribution in [0.25, 0.3) is 10.6 Å². The fraction of sp³-hybridized carbons (Fsp3) is 0.231. The molecule has 0 spiro atoms. The summed E-state index contributed by atoms with van der Waals surface area (Å²) in [5.74, 6) is -0.250. The van der Waals surface area contributed by atoms with E-state index in [0.29, 0.717) is 22.0 Å². The molecule has 2 nitrogen and oxygen atoms in total. The second-order valence-electron chi connectivity index (χ2n) is 4.23. The van der Waals surface area contributed by atoms with Gasteiger partial charge in [0.05, 0.1) is 10.6 Å². The molecular formula is C13H9ClFNOS. The predicted octanol–water partition coefficient (Wildman–Crippen LogP) is 4.12. The molecule has 2 aromatic rings. The number of carbonyl (C=O) groups excluding carboxylic acids is 1. The van der Waals surface area contributed by atoms with Gasteiger partial charge in [0.25, 0.3) is 0 Å². The molecule has 0 saturated heterocycles. The van der Waals surface area contributed by atoms with Crippen LogP contribution in [0.3, 0.4) is 0 Å². The Bertz CT molecular complexity index is 618. The van der Waals surface area contributed by atoms with Crippen LogP contribution in [0.15, 0.2) is 18.2 Å². The Balaban J connectivity index is 2.10. The van der Waals surface area contributed by atoms with Crippen LogP contribution < -0.4 is 0 Å². The summed E-state index contributed by atoms with van der Waals surface area (Å²) in [5.41, 5.74) is 1.47. The lowest BCUT2D eigenvalue weighted by atomic mass is 10.0. The lowest BCUT2D eigenvalue weighted by molar-refractivity contribution is 0.0976. The van der Waals surface area contributed by atoms with Crippen LogP contribution in [0.1, 0.15) is 28.2 Å². The smallest absolute Gasteiger partial charge is 0.174 e. The molecule has 1 aliphatic carbocycles. The van der Waals surface area contributed by atoms with Gasteiger partial charge in [-0.1, -0.05) is 11.6 Å². The van der Waals surface area contributed by atoms with Gasteiger partial charge in [-0.25, -0.2) is 9.37 Å². The summed E-state index contributed by atoms with van der Waals surface area (Å²) in [7, 11) is 0. The maximum atomic E-state index is 13.3. The number of Topliss-reactive ketones (excluding diaryl/α,β-unsaturated/α-hetero) is 1. The van der Waals surface area contributed by atoms with Crippen LogP contribution in [0.4, 0.5) is 4.39 Å². The van der Waals surface area contributed by atoms with E-state index in [1.807, 2.05) is 0 Å². The molecule has 0 bridgehead atoms. The summed E-state index contributed by atoms with van der Waals surface area (Å²) < 4.78 is 13.3. The minimum absolute atomic E-state index is 0.141. The van der Waals surface area contributed by atoms with Crippen LogP contribution in [0.5, 0.6) is 0 Å². The average molecular weight is 282 g/mol. The number of ketones is 1. The van der Waals surface area contributed by atoms with E-state index in [1.165, 1.54) is 23.5 Å². The third kappa shape index (κ3) is 2.06. The summed E-state index contributed by atoms with van der Waals surface area (Å²) >= 11 is 7.15. The number of rotatable bonds is 1. The highest BCUT2D eigenvalue weighted by Gasteiger charge is 2.22. The van der Waals surface area contributed by atoms with Gasteiger partial charge < -0.3 is 0 Å². The number of halogens is 2. The molecule has 0 atom stereocenters. The van der Waals surface area contributed by atoms with Crippen LogP contribution in [0, 0.1) is 5.82 Å². The number of nitrogens with zero attached hydrogens (tertiary/aromatic N) is 1. The predicted molar refractivity (Wildman–Crippen MR) is 69.8 cm³/mol. The van der Waals surface area contributed by atoms with E-state index in [-0.39, 0.29) is 5.78 Å². The Morgan fingerprint density at radius 1 is 1.28 bits per heavy atom. The van der Waals surface area contributed by atoms with Crippen molar-refractivity contribution in [3.8, 4) is 10.6 Å². The molecule has 3 rings (SSSR count). The minimum atomic E-state index is -0.392. The van der Waals surface area contributed by atoms with Crippen LogP contribution in [0.2, 0.25) is 5.02 Å². The van der Waals surface area contributed by atoms with E-state index < -0.39 is 5.82 Å². The van der Waals surface area contributed by atoms with Crippen LogP contribution in [-0.2, 0) is 6.42 Å². The molecule has 0 amide bonds. The number of hydrogen-bond donors (Lipinski definition) is 0. The van der Waals surface area contributed by atoms with Crippen molar-refractivity contribution in [2.45, 2.75) is 19.3 Å². The molecule has 0 aliphatic heterocycles. The van der Waals surface area contributed by atoms with Gasteiger partial charge in [-0.15, -0.1) is 11.3 Å². The molecule has 5 heteroatoms. The maximum Gasteiger partial charge on any atom is 0.174 e. The zero-order chi connectivity index (χ0) is 12.7. The standard InChI is InChI=1S/C13H9ClFNOS/c14-8-4-7(5-9(15)6-8)13-16-10-2-1-3-11(17)12(10)18-13/h4-6H,1-3H2. The average Bonchev–Trinajstić information content (AvgIpc) is 2.73. The number of aromatic nitrogens is 1. The molecule has 1 heterocycles. The summed E-state index contributed by atoms with van der Waals surface area (Å²) in [6.07, 6.45) is 2.25. The van der Waals surface area contributed by atoms with Gasteiger partial charge >= 0.3 is 0 Å². The fourth-order valence-corrected chi connectivity index (χ4v) is 3.36. The number of thiazole rings is 1. The molecule has 0 N–H and O–H groups in total. The number of benzene rings is 1. The molecule has 0 fully saturated rings. The Kier molecular flexibility index (Phi) is 2.92. The van der Waals surface area contributed by atoms with Gasteiger partial charge in [0.2, 0.25) is 0 Å². The normalized spacial score (nSPS) is 14.7. The highest BCUT2D eigenvalue weighted by atomic mass is 35.5. The first-order valence-corrected chi connectivity index (χ1v) is 6.82. The molecule has 0 unspecified atom stereocenters.